The van der Waals surface area contributed by atoms with Crippen molar-refractivity contribution in [1.29, 1.82) is 0 Å². The number of H-pyrrole nitrogens is 1. The van der Waals surface area contributed by atoms with E-state index in [4.69, 9.17) is 5.11 Å². The SMILES string of the molecule is O=C(O)CN1C(=O)CN(CCc2nc3ccccc3[nH]2)C1=O. The number of rotatable bonds is 5. The molecule has 0 saturated carbocycles. The first-order valence-electron chi connectivity index (χ1n) is 6.79. The zero-order chi connectivity index (χ0) is 15.7. The number of aromatic amines is 1. The number of hydrogen-bond donors (Lipinski definition) is 2. The largest absolute Gasteiger partial charge is 0.480 e. The molecule has 2 heterocycles. The number of hydrogen-bond acceptors (Lipinski definition) is 4. The maximum absolute atomic E-state index is 12.0. The van der Waals surface area contributed by atoms with E-state index < -0.39 is 24.5 Å². The highest BCUT2D eigenvalue weighted by molar-refractivity contribution is 6.03. The number of para-hydroxylation sites is 2. The molecular formula is C14H14N4O4. The Morgan fingerprint density at radius 1 is 1.32 bits per heavy atom. The van der Waals surface area contributed by atoms with Crippen LogP contribution in [-0.2, 0) is 16.0 Å². The van der Waals surface area contributed by atoms with Gasteiger partial charge in [-0.05, 0) is 12.1 Å². The zero-order valence-corrected chi connectivity index (χ0v) is 11.7. The average Bonchev–Trinajstić information content (AvgIpc) is 3.00. The lowest BCUT2D eigenvalue weighted by Crippen LogP contribution is -2.37. The van der Waals surface area contributed by atoms with E-state index in [1.807, 2.05) is 24.3 Å². The minimum Gasteiger partial charge on any atom is -0.480 e. The van der Waals surface area contributed by atoms with Gasteiger partial charge in [0.1, 0.15) is 18.9 Å². The van der Waals surface area contributed by atoms with Crippen molar-refractivity contribution in [2.24, 2.45) is 0 Å². The highest BCUT2D eigenvalue weighted by Gasteiger charge is 2.36. The van der Waals surface area contributed by atoms with E-state index in [1.54, 1.807) is 0 Å². The number of aliphatic carboxylic acids is 1. The van der Waals surface area contributed by atoms with Crippen LogP contribution in [0.4, 0.5) is 4.79 Å². The summed E-state index contributed by atoms with van der Waals surface area (Å²) in [7, 11) is 0. The number of benzene rings is 1. The Bertz CT molecular complexity index is 721. The first-order chi connectivity index (χ1) is 10.5. The molecule has 22 heavy (non-hydrogen) atoms. The third-order valence-electron chi connectivity index (χ3n) is 3.48. The molecule has 1 saturated heterocycles. The number of imidazole rings is 1. The molecule has 2 aromatic rings. The first-order valence-corrected chi connectivity index (χ1v) is 6.79. The number of urea groups is 1. The summed E-state index contributed by atoms with van der Waals surface area (Å²) in [4.78, 5) is 43.9. The number of nitrogens with zero attached hydrogens (tertiary/aromatic N) is 3. The van der Waals surface area contributed by atoms with Gasteiger partial charge in [-0.3, -0.25) is 14.5 Å². The summed E-state index contributed by atoms with van der Waals surface area (Å²) in [6.45, 7) is -0.383. The van der Waals surface area contributed by atoms with Gasteiger partial charge in [-0.15, -0.1) is 0 Å². The fraction of sp³-hybridized carbons (Fsp3) is 0.286. The maximum atomic E-state index is 12.0. The number of carbonyl (C=O) groups excluding carboxylic acids is 2. The molecule has 1 aliphatic heterocycles. The van der Waals surface area contributed by atoms with Gasteiger partial charge in [0.05, 0.1) is 11.0 Å². The van der Waals surface area contributed by atoms with Crippen LogP contribution < -0.4 is 0 Å². The number of carbonyl (C=O) groups is 3. The van der Waals surface area contributed by atoms with Crippen molar-refractivity contribution in [2.45, 2.75) is 6.42 Å². The lowest BCUT2D eigenvalue weighted by atomic mass is 10.3. The summed E-state index contributed by atoms with van der Waals surface area (Å²) in [5, 5.41) is 8.70. The Morgan fingerprint density at radius 3 is 2.82 bits per heavy atom. The number of fused-ring (bicyclic) bond motifs is 1. The summed E-state index contributed by atoms with van der Waals surface area (Å²) >= 11 is 0. The van der Waals surface area contributed by atoms with Crippen LogP contribution in [0.15, 0.2) is 24.3 Å². The minimum absolute atomic E-state index is 0.0909. The summed E-state index contributed by atoms with van der Waals surface area (Å²) in [5.74, 6) is -0.976. The third-order valence-corrected chi connectivity index (χ3v) is 3.48. The monoisotopic (exact) mass is 302 g/mol. The minimum atomic E-state index is -1.21. The summed E-state index contributed by atoms with van der Waals surface area (Å²) < 4.78 is 0. The molecule has 0 unspecified atom stereocenters. The number of aromatic nitrogens is 2. The average molecular weight is 302 g/mol. The van der Waals surface area contributed by atoms with Crippen LogP contribution in [0.2, 0.25) is 0 Å². The molecule has 1 aromatic heterocycles. The maximum Gasteiger partial charge on any atom is 0.327 e. The van der Waals surface area contributed by atoms with Crippen molar-refractivity contribution >= 4 is 28.9 Å². The van der Waals surface area contributed by atoms with Crippen molar-refractivity contribution < 1.29 is 19.5 Å². The Kier molecular flexibility index (Phi) is 3.50. The molecule has 2 N–H and O–H groups in total. The van der Waals surface area contributed by atoms with Crippen LogP contribution in [0.1, 0.15) is 5.82 Å². The van der Waals surface area contributed by atoms with Gasteiger partial charge < -0.3 is 15.0 Å². The van der Waals surface area contributed by atoms with Gasteiger partial charge in [0.25, 0.3) is 5.91 Å². The lowest BCUT2D eigenvalue weighted by molar-refractivity contribution is -0.141. The third kappa shape index (κ3) is 2.62. The number of amides is 3. The Hall–Kier alpha value is -2.90. The van der Waals surface area contributed by atoms with E-state index in [0.29, 0.717) is 13.0 Å². The highest BCUT2D eigenvalue weighted by atomic mass is 16.4. The predicted octanol–water partition coefficient (Wildman–Crippen LogP) is 0.454. The van der Waals surface area contributed by atoms with Crippen molar-refractivity contribution in [3.8, 4) is 0 Å². The van der Waals surface area contributed by atoms with Crippen LogP contribution in [-0.4, -0.2) is 62.4 Å². The van der Waals surface area contributed by atoms with Gasteiger partial charge in [0, 0.05) is 13.0 Å². The second-order valence-electron chi connectivity index (χ2n) is 5.03. The molecule has 8 nitrogen and oxygen atoms in total. The topological polar surface area (TPSA) is 107 Å². The Morgan fingerprint density at radius 2 is 2.09 bits per heavy atom. The number of nitrogens with one attached hydrogen (secondary N) is 1. The number of carboxylic acid groups (broad SMARTS) is 1. The van der Waals surface area contributed by atoms with Gasteiger partial charge in [-0.25, -0.2) is 9.78 Å². The molecule has 1 fully saturated rings. The molecule has 0 radical (unpaired) electrons. The molecule has 8 heteroatoms. The molecule has 0 spiro atoms. The second-order valence-corrected chi connectivity index (χ2v) is 5.03. The van der Waals surface area contributed by atoms with Crippen LogP contribution >= 0.6 is 0 Å². The van der Waals surface area contributed by atoms with E-state index in [9.17, 15) is 14.4 Å². The van der Waals surface area contributed by atoms with Crippen LogP contribution in [0.3, 0.4) is 0 Å². The van der Waals surface area contributed by atoms with Gasteiger partial charge in [-0.2, -0.15) is 0 Å². The van der Waals surface area contributed by atoms with Crippen molar-refractivity contribution in [3.05, 3.63) is 30.1 Å². The highest BCUT2D eigenvalue weighted by Crippen LogP contribution is 2.13. The van der Waals surface area contributed by atoms with E-state index in [2.05, 4.69) is 9.97 Å². The predicted molar refractivity (Wildman–Crippen MR) is 76.1 cm³/mol. The quantitative estimate of drug-likeness (QED) is 0.780. The van der Waals surface area contributed by atoms with Crippen LogP contribution in [0.5, 0.6) is 0 Å². The molecule has 3 amide bonds. The molecular weight excluding hydrogens is 288 g/mol. The summed E-state index contributed by atoms with van der Waals surface area (Å²) in [6, 6.07) is 7.01. The Labute approximate surface area is 125 Å². The number of imide groups is 1. The Balaban J connectivity index is 1.65. The molecule has 0 aliphatic carbocycles. The normalized spacial score (nSPS) is 15.1. The van der Waals surface area contributed by atoms with Gasteiger partial charge >= 0.3 is 12.0 Å². The van der Waals surface area contributed by atoms with E-state index >= 15 is 0 Å². The standard InChI is InChI=1S/C14H14N4O4/c19-12-7-17(14(22)18(12)8-13(20)21)6-5-11-15-9-3-1-2-4-10(9)16-11/h1-4H,5-8H2,(H,15,16)(H,20,21). The summed E-state index contributed by atoms with van der Waals surface area (Å²) in [5.41, 5.74) is 1.75. The zero-order valence-electron chi connectivity index (χ0n) is 11.7. The van der Waals surface area contributed by atoms with Crippen molar-refractivity contribution in [3.63, 3.8) is 0 Å². The lowest BCUT2D eigenvalue weighted by Gasteiger charge is -2.14. The molecule has 114 valence electrons. The smallest absolute Gasteiger partial charge is 0.327 e. The van der Waals surface area contributed by atoms with Crippen LogP contribution in [0.25, 0.3) is 11.0 Å². The van der Waals surface area contributed by atoms with E-state index in [0.717, 1.165) is 21.8 Å². The molecule has 0 atom stereocenters. The van der Waals surface area contributed by atoms with Gasteiger partial charge in [-0.1, -0.05) is 12.1 Å². The summed E-state index contributed by atoms with van der Waals surface area (Å²) in [6.07, 6.45) is 0.467. The van der Waals surface area contributed by atoms with Crippen molar-refractivity contribution in [1.82, 2.24) is 19.8 Å². The molecule has 0 bridgehead atoms. The first kappa shape index (κ1) is 14.1. The van der Waals surface area contributed by atoms with E-state index in [-0.39, 0.29) is 6.54 Å². The van der Waals surface area contributed by atoms with Gasteiger partial charge in [0.2, 0.25) is 0 Å². The van der Waals surface area contributed by atoms with Crippen LogP contribution in [0, 0.1) is 0 Å². The molecule has 1 aromatic carbocycles. The second kappa shape index (κ2) is 5.47. The molecule has 3 rings (SSSR count). The molecule has 1 aliphatic rings. The van der Waals surface area contributed by atoms with Crippen molar-refractivity contribution in [2.75, 3.05) is 19.6 Å². The van der Waals surface area contributed by atoms with E-state index in [1.165, 1.54) is 4.90 Å². The van der Waals surface area contributed by atoms with Gasteiger partial charge in [0.15, 0.2) is 0 Å². The fourth-order valence-corrected chi connectivity index (χ4v) is 2.42. The number of carboxylic acids is 1. The fourth-order valence-electron chi connectivity index (χ4n) is 2.42.